The number of ether oxygens (including phenoxy) is 1. The van der Waals surface area contributed by atoms with Crippen molar-refractivity contribution in [2.75, 3.05) is 13.2 Å². The lowest BCUT2D eigenvalue weighted by Gasteiger charge is -2.23. The van der Waals surface area contributed by atoms with Gasteiger partial charge in [-0.2, -0.15) is 0 Å². The summed E-state index contributed by atoms with van der Waals surface area (Å²) >= 11 is 1.54. The summed E-state index contributed by atoms with van der Waals surface area (Å²) in [6.45, 7) is 7.52. The molecule has 4 heteroatoms. The average Bonchev–Trinajstić information content (AvgIpc) is 2.66. The molecule has 0 saturated carbocycles. The van der Waals surface area contributed by atoms with Crippen LogP contribution in [0.4, 0.5) is 0 Å². The molecule has 0 fully saturated rings. The molecule has 80 valence electrons. The third kappa shape index (κ3) is 2.25. The van der Waals surface area contributed by atoms with E-state index in [0.717, 1.165) is 17.3 Å². The molecular formula is C10H18N2OS. The van der Waals surface area contributed by atoms with Crippen LogP contribution >= 0.6 is 11.3 Å². The van der Waals surface area contributed by atoms with Gasteiger partial charge in [-0.15, -0.1) is 0 Å². The van der Waals surface area contributed by atoms with Crippen molar-refractivity contribution in [2.45, 2.75) is 32.6 Å². The van der Waals surface area contributed by atoms with Crippen molar-refractivity contribution in [1.82, 2.24) is 4.98 Å². The van der Waals surface area contributed by atoms with Crippen LogP contribution in [-0.4, -0.2) is 18.1 Å². The van der Waals surface area contributed by atoms with Gasteiger partial charge in [0.1, 0.15) is 0 Å². The monoisotopic (exact) mass is 214 g/mol. The number of thiazole rings is 1. The fourth-order valence-corrected chi connectivity index (χ4v) is 2.04. The minimum absolute atomic E-state index is 0.00808. The molecule has 0 bridgehead atoms. The molecule has 0 amide bonds. The Bertz CT molecular complexity index is 281. The van der Waals surface area contributed by atoms with Crippen molar-refractivity contribution in [1.29, 1.82) is 0 Å². The summed E-state index contributed by atoms with van der Waals surface area (Å²) in [6, 6.07) is 0. The standard InChI is InChI=1S/C10H18N2OS/c1-4-10(3,7-11)8-6-14-9(12-8)13-5-2/h6H,4-5,7,11H2,1-3H3. The van der Waals surface area contributed by atoms with Crippen molar-refractivity contribution >= 4 is 11.3 Å². The maximum absolute atomic E-state index is 5.76. The molecule has 1 rings (SSSR count). The van der Waals surface area contributed by atoms with E-state index in [9.17, 15) is 0 Å². The van der Waals surface area contributed by atoms with Gasteiger partial charge >= 0.3 is 0 Å². The molecule has 0 radical (unpaired) electrons. The number of hydrogen-bond donors (Lipinski definition) is 1. The highest BCUT2D eigenvalue weighted by Crippen LogP contribution is 2.30. The Morgan fingerprint density at radius 1 is 1.57 bits per heavy atom. The van der Waals surface area contributed by atoms with E-state index in [4.69, 9.17) is 10.5 Å². The molecule has 3 nitrogen and oxygen atoms in total. The first-order valence-corrected chi connectivity index (χ1v) is 5.83. The third-order valence-electron chi connectivity index (χ3n) is 2.60. The quantitative estimate of drug-likeness (QED) is 0.817. The van der Waals surface area contributed by atoms with E-state index in [0.29, 0.717) is 13.2 Å². The average molecular weight is 214 g/mol. The number of rotatable bonds is 5. The molecule has 1 aromatic rings. The Kier molecular flexibility index (Phi) is 3.89. The van der Waals surface area contributed by atoms with Gasteiger partial charge < -0.3 is 10.5 Å². The van der Waals surface area contributed by atoms with Gasteiger partial charge in [-0.3, -0.25) is 0 Å². The minimum Gasteiger partial charge on any atom is -0.470 e. The molecule has 0 aliphatic rings. The van der Waals surface area contributed by atoms with Crippen LogP contribution in [0.5, 0.6) is 5.19 Å². The van der Waals surface area contributed by atoms with Crippen LogP contribution < -0.4 is 10.5 Å². The maximum atomic E-state index is 5.76. The fraction of sp³-hybridized carbons (Fsp3) is 0.700. The van der Waals surface area contributed by atoms with E-state index in [-0.39, 0.29) is 5.41 Å². The molecule has 1 atom stereocenters. The van der Waals surface area contributed by atoms with Gasteiger partial charge in [0.05, 0.1) is 12.3 Å². The highest BCUT2D eigenvalue weighted by Gasteiger charge is 2.25. The summed E-state index contributed by atoms with van der Waals surface area (Å²) in [4.78, 5) is 4.43. The van der Waals surface area contributed by atoms with E-state index in [2.05, 4.69) is 18.8 Å². The van der Waals surface area contributed by atoms with E-state index < -0.39 is 0 Å². The van der Waals surface area contributed by atoms with Crippen molar-refractivity contribution in [3.8, 4) is 5.19 Å². The normalized spacial score (nSPS) is 15.1. The lowest BCUT2D eigenvalue weighted by Crippen LogP contribution is -2.31. The van der Waals surface area contributed by atoms with Crippen molar-refractivity contribution in [3.63, 3.8) is 0 Å². The second kappa shape index (κ2) is 4.75. The van der Waals surface area contributed by atoms with Gasteiger partial charge in [0.15, 0.2) is 0 Å². The van der Waals surface area contributed by atoms with Crippen molar-refractivity contribution in [3.05, 3.63) is 11.1 Å². The fourth-order valence-electron chi connectivity index (χ4n) is 1.15. The molecular weight excluding hydrogens is 196 g/mol. The van der Waals surface area contributed by atoms with Gasteiger partial charge in [0.2, 0.25) is 0 Å². The number of aromatic nitrogens is 1. The topological polar surface area (TPSA) is 48.1 Å². The van der Waals surface area contributed by atoms with Gasteiger partial charge in [0, 0.05) is 17.3 Å². The van der Waals surface area contributed by atoms with Gasteiger partial charge in [0.25, 0.3) is 5.19 Å². The Hall–Kier alpha value is -0.610. The van der Waals surface area contributed by atoms with Gasteiger partial charge in [-0.1, -0.05) is 25.2 Å². The summed E-state index contributed by atoms with van der Waals surface area (Å²) in [5.41, 5.74) is 6.80. The molecule has 1 heterocycles. The first-order valence-electron chi connectivity index (χ1n) is 4.95. The van der Waals surface area contributed by atoms with E-state index >= 15 is 0 Å². The molecule has 0 spiro atoms. The molecule has 1 unspecified atom stereocenters. The summed E-state index contributed by atoms with van der Waals surface area (Å²) in [5.74, 6) is 0. The summed E-state index contributed by atoms with van der Waals surface area (Å²) in [7, 11) is 0. The Morgan fingerprint density at radius 2 is 2.29 bits per heavy atom. The third-order valence-corrected chi connectivity index (χ3v) is 3.35. The minimum atomic E-state index is -0.00808. The highest BCUT2D eigenvalue weighted by atomic mass is 32.1. The highest BCUT2D eigenvalue weighted by molar-refractivity contribution is 7.11. The van der Waals surface area contributed by atoms with E-state index in [1.54, 1.807) is 11.3 Å². The molecule has 0 aliphatic carbocycles. The molecule has 2 N–H and O–H groups in total. The summed E-state index contributed by atoms with van der Waals surface area (Å²) in [6.07, 6.45) is 0.999. The van der Waals surface area contributed by atoms with Crippen LogP contribution in [0.25, 0.3) is 0 Å². The second-order valence-electron chi connectivity index (χ2n) is 3.55. The summed E-state index contributed by atoms with van der Waals surface area (Å²) < 4.78 is 5.34. The Balaban J connectivity index is 2.84. The number of nitrogens with zero attached hydrogens (tertiary/aromatic N) is 1. The smallest absolute Gasteiger partial charge is 0.273 e. The van der Waals surface area contributed by atoms with Crippen LogP contribution in [0.15, 0.2) is 5.38 Å². The molecule has 0 saturated heterocycles. The zero-order valence-corrected chi connectivity index (χ0v) is 9.86. The largest absolute Gasteiger partial charge is 0.470 e. The van der Waals surface area contributed by atoms with Crippen LogP contribution in [-0.2, 0) is 5.41 Å². The first-order chi connectivity index (χ1) is 6.66. The Morgan fingerprint density at radius 3 is 2.79 bits per heavy atom. The van der Waals surface area contributed by atoms with Gasteiger partial charge in [-0.25, -0.2) is 4.98 Å². The predicted octanol–water partition coefficient (Wildman–Crippen LogP) is 2.17. The second-order valence-corrected chi connectivity index (χ2v) is 4.37. The Labute approximate surface area is 89.3 Å². The number of hydrogen-bond acceptors (Lipinski definition) is 4. The van der Waals surface area contributed by atoms with Crippen molar-refractivity contribution in [2.24, 2.45) is 5.73 Å². The van der Waals surface area contributed by atoms with Gasteiger partial charge in [-0.05, 0) is 13.3 Å². The van der Waals surface area contributed by atoms with Crippen molar-refractivity contribution < 1.29 is 4.74 Å². The lowest BCUT2D eigenvalue weighted by molar-refractivity contribution is 0.334. The predicted molar refractivity (Wildman–Crippen MR) is 60.0 cm³/mol. The zero-order valence-electron chi connectivity index (χ0n) is 9.04. The van der Waals surface area contributed by atoms with E-state index in [1.807, 2.05) is 12.3 Å². The maximum Gasteiger partial charge on any atom is 0.273 e. The lowest BCUT2D eigenvalue weighted by atomic mass is 9.85. The first kappa shape index (κ1) is 11.5. The number of nitrogens with two attached hydrogens (primary N) is 1. The van der Waals surface area contributed by atoms with Crippen LogP contribution in [0.1, 0.15) is 32.9 Å². The van der Waals surface area contributed by atoms with Crippen LogP contribution in [0, 0.1) is 0 Å². The summed E-state index contributed by atoms with van der Waals surface area (Å²) in [5, 5.41) is 2.79. The SMILES string of the molecule is CCOc1nc(C(C)(CC)CN)cs1. The van der Waals surface area contributed by atoms with E-state index in [1.165, 1.54) is 0 Å². The molecule has 14 heavy (non-hydrogen) atoms. The van der Waals surface area contributed by atoms with Crippen LogP contribution in [0.3, 0.4) is 0 Å². The molecule has 0 aromatic carbocycles. The molecule has 1 aromatic heterocycles. The van der Waals surface area contributed by atoms with Crippen LogP contribution in [0.2, 0.25) is 0 Å². The zero-order chi connectivity index (χ0) is 10.6. The molecule has 0 aliphatic heterocycles.